The first-order valence-corrected chi connectivity index (χ1v) is 10.4. The number of hydrogen-bond donors (Lipinski definition) is 0. The van der Waals surface area contributed by atoms with E-state index in [2.05, 4.69) is 53.1 Å². The fourth-order valence-electron chi connectivity index (χ4n) is 3.01. The zero-order chi connectivity index (χ0) is 15.0. The second-order valence-electron chi connectivity index (χ2n) is 6.26. The Bertz CT molecular complexity index is 380. The molecular formula is C17H30N2S2. The van der Waals surface area contributed by atoms with Gasteiger partial charge < -0.3 is 4.57 Å². The summed E-state index contributed by atoms with van der Waals surface area (Å²) in [6.45, 7) is 5.77. The van der Waals surface area contributed by atoms with Gasteiger partial charge in [0.15, 0.2) is 0 Å². The summed E-state index contributed by atoms with van der Waals surface area (Å²) in [6.07, 6.45) is 17.1. The van der Waals surface area contributed by atoms with E-state index in [9.17, 15) is 0 Å². The van der Waals surface area contributed by atoms with E-state index in [1.165, 1.54) is 57.1 Å². The molecule has 1 aliphatic heterocycles. The lowest BCUT2D eigenvalue weighted by Gasteiger charge is -2.28. The van der Waals surface area contributed by atoms with Crippen molar-refractivity contribution in [2.45, 2.75) is 81.1 Å². The molecule has 2 atom stereocenters. The van der Waals surface area contributed by atoms with Crippen LogP contribution >= 0.6 is 23.5 Å². The monoisotopic (exact) mass is 326 g/mol. The number of unbranched alkanes of at least 4 members (excludes halogenated alkanes) is 6. The van der Waals surface area contributed by atoms with E-state index in [0.29, 0.717) is 4.08 Å². The van der Waals surface area contributed by atoms with Crippen LogP contribution in [0.4, 0.5) is 0 Å². The van der Waals surface area contributed by atoms with E-state index < -0.39 is 0 Å². The second kappa shape index (κ2) is 9.14. The van der Waals surface area contributed by atoms with Crippen molar-refractivity contribution in [1.29, 1.82) is 0 Å². The SMILES string of the molecule is CCCCCCCCCC1(Cn2ccnc2)SCC(C)S1. The topological polar surface area (TPSA) is 17.8 Å². The molecule has 21 heavy (non-hydrogen) atoms. The smallest absolute Gasteiger partial charge is 0.0946 e. The van der Waals surface area contributed by atoms with Gasteiger partial charge in [-0.3, -0.25) is 0 Å². The zero-order valence-corrected chi connectivity index (χ0v) is 15.2. The number of nitrogens with zero attached hydrogens (tertiary/aromatic N) is 2. The van der Waals surface area contributed by atoms with Crippen molar-refractivity contribution < 1.29 is 0 Å². The molecule has 1 aromatic rings. The van der Waals surface area contributed by atoms with Gasteiger partial charge in [-0.25, -0.2) is 4.98 Å². The van der Waals surface area contributed by atoms with Crippen LogP contribution in [-0.2, 0) is 6.54 Å². The lowest BCUT2D eigenvalue weighted by molar-refractivity contribution is 0.530. The highest BCUT2D eigenvalue weighted by Crippen LogP contribution is 2.52. The standard InChI is InChI=1S/C17H30N2S2/c1-3-4-5-6-7-8-9-10-17(20-13-16(2)21-17)14-19-12-11-18-15-19/h11-12,15-16H,3-10,13-14H2,1-2H3. The number of hydrogen-bond acceptors (Lipinski definition) is 3. The van der Waals surface area contributed by atoms with Gasteiger partial charge in [0, 0.05) is 29.9 Å². The molecule has 0 spiro atoms. The Morgan fingerprint density at radius 3 is 2.57 bits per heavy atom. The maximum absolute atomic E-state index is 4.20. The van der Waals surface area contributed by atoms with E-state index >= 15 is 0 Å². The van der Waals surface area contributed by atoms with Gasteiger partial charge in [-0.1, -0.05) is 58.8 Å². The minimum absolute atomic E-state index is 0.392. The van der Waals surface area contributed by atoms with Crippen LogP contribution < -0.4 is 0 Å². The minimum Gasteiger partial charge on any atom is -0.335 e. The third-order valence-corrected chi connectivity index (χ3v) is 7.85. The van der Waals surface area contributed by atoms with E-state index in [-0.39, 0.29) is 0 Å². The van der Waals surface area contributed by atoms with Crippen molar-refractivity contribution in [1.82, 2.24) is 9.55 Å². The quantitative estimate of drug-likeness (QED) is 0.522. The van der Waals surface area contributed by atoms with Crippen LogP contribution in [0.1, 0.15) is 65.2 Å². The molecular weight excluding hydrogens is 296 g/mol. The molecule has 0 aromatic carbocycles. The minimum atomic E-state index is 0.392. The molecule has 0 amide bonds. The Balaban J connectivity index is 1.73. The van der Waals surface area contributed by atoms with Crippen molar-refractivity contribution in [3.05, 3.63) is 18.7 Å². The van der Waals surface area contributed by atoms with E-state index in [0.717, 1.165) is 11.8 Å². The molecule has 1 aliphatic rings. The molecule has 1 saturated heterocycles. The molecule has 4 heteroatoms. The molecule has 2 unspecified atom stereocenters. The number of aromatic nitrogens is 2. The Labute approximate surface area is 138 Å². The third-order valence-electron chi connectivity index (χ3n) is 4.14. The normalized spacial score (nSPS) is 25.5. The predicted octanol–water partition coefficient (Wildman–Crippen LogP) is 5.59. The lowest BCUT2D eigenvalue weighted by Crippen LogP contribution is -2.24. The molecule has 1 aromatic heterocycles. The van der Waals surface area contributed by atoms with Crippen LogP contribution in [0, 0.1) is 0 Å². The van der Waals surface area contributed by atoms with Gasteiger partial charge in [0.1, 0.15) is 0 Å². The number of thioether (sulfide) groups is 2. The fourth-order valence-corrected chi connectivity index (χ4v) is 6.74. The summed E-state index contributed by atoms with van der Waals surface area (Å²) in [5, 5.41) is 0.795. The molecule has 0 aliphatic carbocycles. The molecule has 2 rings (SSSR count). The van der Waals surface area contributed by atoms with Gasteiger partial charge in [0.05, 0.1) is 10.4 Å². The Morgan fingerprint density at radius 2 is 1.95 bits per heavy atom. The summed E-state index contributed by atoms with van der Waals surface area (Å²) in [7, 11) is 0. The van der Waals surface area contributed by atoms with Gasteiger partial charge in [0.2, 0.25) is 0 Å². The first-order chi connectivity index (χ1) is 10.2. The maximum atomic E-state index is 4.20. The van der Waals surface area contributed by atoms with Crippen molar-refractivity contribution in [3.63, 3.8) is 0 Å². The molecule has 120 valence electrons. The maximum Gasteiger partial charge on any atom is 0.0946 e. The van der Waals surface area contributed by atoms with Crippen LogP contribution in [0.5, 0.6) is 0 Å². The second-order valence-corrected chi connectivity index (χ2v) is 9.74. The summed E-state index contributed by atoms with van der Waals surface area (Å²) in [4.78, 5) is 4.20. The van der Waals surface area contributed by atoms with Gasteiger partial charge in [-0.15, -0.1) is 23.5 Å². The van der Waals surface area contributed by atoms with Crippen LogP contribution in [0.2, 0.25) is 0 Å². The molecule has 2 nitrogen and oxygen atoms in total. The van der Waals surface area contributed by atoms with Crippen LogP contribution in [0.15, 0.2) is 18.7 Å². The molecule has 0 radical (unpaired) electrons. The van der Waals surface area contributed by atoms with Gasteiger partial charge in [-0.2, -0.15) is 0 Å². The predicted molar refractivity (Wildman–Crippen MR) is 97.1 cm³/mol. The Hall–Kier alpha value is -0.0900. The highest BCUT2D eigenvalue weighted by atomic mass is 32.2. The van der Waals surface area contributed by atoms with Crippen molar-refractivity contribution in [3.8, 4) is 0 Å². The van der Waals surface area contributed by atoms with E-state index in [1.807, 2.05) is 12.5 Å². The summed E-state index contributed by atoms with van der Waals surface area (Å²) in [5.41, 5.74) is 0. The highest BCUT2D eigenvalue weighted by molar-refractivity contribution is 8.21. The third kappa shape index (κ3) is 5.90. The molecule has 1 fully saturated rings. The van der Waals surface area contributed by atoms with Crippen LogP contribution in [0.3, 0.4) is 0 Å². The molecule has 0 saturated carbocycles. The van der Waals surface area contributed by atoms with Gasteiger partial charge >= 0.3 is 0 Å². The van der Waals surface area contributed by atoms with E-state index in [1.54, 1.807) is 0 Å². The van der Waals surface area contributed by atoms with Crippen molar-refractivity contribution in [2.24, 2.45) is 0 Å². The summed E-state index contributed by atoms with van der Waals surface area (Å²) in [5.74, 6) is 1.30. The van der Waals surface area contributed by atoms with Gasteiger partial charge in [0.25, 0.3) is 0 Å². The van der Waals surface area contributed by atoms with Crippen LogP contribution in [0.25, 0.3) is 0 Å². The summed E-state index contributed by atoms with van der Waals surface area (Å²) >= 11 is 4.38. The van der Waals surface area contributed by atoms with Crippen molar-refractivity contribution in [2.75, 3.05) is 5.75 Å². The molecule has 0 N–H and O–H groups in total. The first kappa shape index (κ1) is 17.3. The highest BCUT2D eigenvalue weighted by Gasteiger charge is 2.38. The van der Waals surface area contributed by atoms with Crippen molar-refractivity contribution >= 4 is 23.5 Å². The van der Waals surface area contributed by atoms with Gasteiger partial charge in [-0.05, 0) is 6.42 Å². The summed E-state index contributed by atoms with van der Waals surface area (Å²) in [6, 6.07) is 0. The van der Waals surface area contributed by atoms with Crippen LogP contribution in [-0.4, -0.2) is 24.6 Å². The average Bonchev–Trinajstić information content (AvgIpc) is 3.09. The average molecular weight is 327 g/mol. The first-order valence-electron chi connectivity index (χ1n) is 8.51. The largest absolute Gasteiger partial charge is 0.335 e. The fraction of sp³-hybridized carbons (Fsp3) is 0.824. The summed E-state index contributed by atoms with van der Waals surface area (Å²) < 4.78 is 2.66. The lowest BCUT2D eigenvalue weighted by atomic mass is 10.1. The number of imidazole rings is 1. The van der Waals surface area contributed by atoms with E-state index in [4.69, 9.17) is 0 Å². The Kier molecular flexibility index (Phi) is 7.51. The molecule has 2 heterocycles. The molecule has 0 bridgehead atoms. The zero-order valence-electron chi connectivity index (χ0n) is 13.6. The number of rotatable bonds is 10. The Morgan fingerprint density at radius 1 is 1.19 bits per heavy atom.